The van der Waals surface area contributed by atoms with Gasteiger partial charge in [-0.3, -0.25) is 0 Å². The van der Waals surface area contributed by atoms with Gasteiger partial charge < -0.3 is 9.16 Å². The average molecular weight is 256 g/mol. The Labute approximate surface area is 106 Å². The van der Waals surface area contributed by atoms with Gasteiger partial charge >= 0.3 is 5.97 Å². The van der Waals surface area contributed by atoms with E-state index < -0.39 is 8.32 Å². The van der Waals surface area contributed by atoms with Crippen LogP contribution in [0.15, 0.2) is 24.3 Å². The van der Waals surface area contributed by atoms with Crippen LogP contribution in [-0.2, 0) is 14.0 Å². The first-order chi connectivity index (χ1) is 7.60. The summed E-state index contributed by atoms with van der Waals surface area (Å²) in [5.74, 6) is -0.376. The van der Waals surface area contributed by atoms with Gasteiger partial charge in [0.2, 0.25) is 0 Å². The molecule has 0 aliphatic rings. The number of ether oxygens (including phenoxy) is 1. The van der Waals surface area contributed by atoms with Crippen LogP contribution in [-0.4, -0.2) is 28.0 Å². The zero-order chi connectivity index (χ0) is 13.7. The minimum atomic E-state index is -1.74. The third-order valence-corrected chi connectivity index (χ3v) is 7.56. The molecular weight excluding hydrogens is 232 g/mol. The van der Waals surface area contributed by atoms with Crippen molar-refractivity contribution in [3.8, 4) is 0 Å². The Morgan fingerprint density at radius 2 is 1.82 bits per heavy atom. The van der Waals surface area contributed by atoms with Crippen molar-refractivity contribution < 1.29 is 14.0 Å². The number of rotatable bonds is 5. The second-order valence-corrected chi connectivity index (χ2v) is 10.4. The van der Waals surface area contributed by atoms with E-state index in [1.165, 1.54) is 13.2 Å². The lowest BCUT2D eigenvalue weighted by molar-refractivity contribution is -0.134. The molecule has 0 aromatic rings. The van der Waals surface area contributed by atoms with Crippen molar-refractivity contribution in [1.82, 2.24) is 0 Å². The molecule has 0 atom stereocenters. The molecule has 98 valence electrons. The van der Waals surface area contributed by atoms with Crippen molar-refractivity contribution >= 4 is 14.3 Å². The summed E-state index contributed by atoms with van der Waals surface area (Å²) in [5.41, 5.74) is 0.778. The van der Waals surface area contributed by atoms with E-state index in [2.05, 4.69) is 45.2 Å². The molecule has 0 aromatic heterocycles. The molecule has 0 unspecified atom stereocenters. The lowest BCUT2D eigenvalue weighted by Crippen LogP contribution is -2.41. The van der Waals surface area contributed by atoms with E-state index in [-0.39, 0.29) is 11.0 Å². The maximum Gasteiger partial charge on any atom is 0.330 e. The summed E-state index contributed by atoms with van der Waals surface area (Å²) in [6, 6.07) is 0. The summed E-state index contributed by atoms with van der Waals surface area (Å²) in [7, 11) is -0.394. The molecule has 0 rings (SSSR count). The van der Waals surface area contributed by atoms with Gasteiger partial charge in [0, 0.05) is 6.08 Å². The fourth-order valence-corrected chi connectivity index (χ4v) is 1.77. The SMILES string of the molecule is C=C(/C=C\C(=O)OC)CO[Si](C)(C)C(C)(C)C. The molecule has 0 bridgehead atoms. The second kappa shape index (κ2) is 6.17. The zero-order valence-electron chi connectivity index (χ0n) is 11.8. The maximum absolute atomic E-state index is 10.9. The number of carbonyl (C=O) groups is 1. The Hall–Kier alpha value is -0.873. The highest BCUT2D eigenvalue weighted by atomic mass is 28.4. The van der Waals surface area contributed by atoms with Crippen LogP contribution < -0.4 is 0 Å². The topological polar surface area (TPSA) is 35.5 Å². The van der Waals surface area contributed by atoms with E-state index >= 15 is 0 Å². The zero-order valence-corrected chi connectivity index (χ0v) is 12.8. The number of esters is 1. The van der Waals surface area contributed by atoms with Crippen molar-refractivity contribution in [3.05, 3.63) is 24.3 Å². The van der Waals surface area contributed by atoms with Crippen LogP contribution in [0, 0.1) is 0 Å². The summed E-state index contributed by atoms with van der Waals surface area (Å²) < 4.78 is 10.5. The lowest BCUT2D eigenvalue weighted by atomic mass is 10.2. The van der Waals surface area contributed by atoms with Crippen molar-refractivity contribution in [2.24, 2.45) is 0 Å². The van der Waals surface area contributed by atoms with Crippen LogP contribution >= 0.6 is 0 Å². The van der Waals surface area contributed by atoms with Crippen LogP contribution in [0.25, 0.3) is 0 Å². The molecule has 0 saturated heterocycles. The molecule has 0 radical (unpaired) electrons. The lowest BCUT2D eigenvalue weighted by Gasteiger charge is -2.36. The number of carbonyl (C=O) groups excluding carboxylic acids is 1. The van der Waals surface area contributed by atoms with Crippen LogP contribution in [0.3, 0.4) is 0 Å². The van der Waals surface area contributed by atoms with E-state index in [0.29, 0.717) is 6.61 Å². The minimum Gasteiger partial charge on any atom is -0.466 e. The average Bonchev–Trinajstić information content (AvgIpc) is 2.21. The number of hydrogen-bond acceptors (Lipinski definition) is 3. The molecular formula is C13H24O3Si. The van der Waals surface area contributed by atoms with E-state index in [1.807, 2.05) is 0 Å². The summed E-state index contributed by atoms with van der Waals surface area (Å²) >= 11 is 0. The first kappa shape index (κ1) is 16.1. The van der Waals surface area contributed by atoms with Gasteiger partial charge in [0.05, 0.1) is 13.7 Å². The Bertz CT molecular complexity index is 311. The fourth-order valence-electron chi connectivity index (χ4n) is 0.792. The van der Waals surface area contributed by atoms with Gasteiger partial charge in [0.1, 0.15) is 0 Å². The van der Waals surface area contributed by atoms with Crippen molar-refractivity contribution in [1.29, 1.82) is 0 Å². The highest BCUT2D eigenvalue weighted by molar-refractivity contribution is 6.74. The molecule has 0 aromatic carbocycles. The first-order valence-corrected chi connectivity index (χ1v) is 8.59. The second-order valence-electron chi connectivity index (χ2n) is 5.56. The van der Waals surface area contributed by atoms with Crippen molar-refractivity contribution in [2.45, 2.75) is 38.9 Å². The van der Waals surface area contributed by atoms with E-state index in [4.69, 9.17) is 4.43 Å². The van der Waals surface area contributed by atoms with Crippen molar-refractivity contribution in [3.63, 3.8) is 0 Å². The third kappa shape index (κ3) is 5.84. The number of hydrogen-bond donors (Lipinski definition) is 0. The normalized spacial score (nSPS) is 12.8. The van der Waals surface area contributed by atoms with E-state index in [0.717, 1.165) is 5.57 Å². The molecule has 0 aliphatic carbocycles. The molecule has 0 amide bonds. The van der Waals surface area contributed by atoms with Crippen LogP contribution in [0.1, 0.15) is 20.8 Å². The molecule has 0 spiro atoms. The molecule has 0 aliphatic heterocycles. The molecule has 0 fully saturated rings. The Morgan fingerprint density at radius 3 is 2.24 bits per heavy atom. The van der Waals surface area contributed by atoms with Gasteiger partial charge in [-0.1, -0.05) is 33.4 Å². The van der Waals surface area contributed by atoms with Gasteiger partial charge in [-0.05, 0) is 23.7 Å². The standard InChI is InChI=1S/C13H24O3Si/c1-11(8-9-12(14)15-5)10-16-17(6,7)13(2,3)4/h8-9H,1,10H2,2-7H3/b9-8-. The first-order valence-electron chi connectivity index (χ1n) is 5.68. The quantitative estimate of drug-likeness (QED) is 0.328. The molecule has 4 heteroatoms. The maximum atomic E-state index is 10.9. The highest BCUT2D eigenvalue weighted by Gasteiger charge is 2.36. The summed E-state index contributed by atoms with van der Waals surface area (Å²) in [6.45, 7) is 15.2. The Morgan fingerprint density at radius 1 is 1.29 bits per heavy atom. The summed E-state index contributed by atoms with van der Waals surface area (Å²) in [4.78, 5) is 10.9. The predicted molar refractivity (Wildman–Crippen MR) is 73.4 cm³/mol. The number of methoxy groups -OCH3 is 1. The van der Waals surface area contributed by atoms with Gasteiger partial charge in [0.15, 0.2) is 8.32 Å². The van der Waals surface area contributed by atoms with Gasteiger partial charge in [0.25, 0.3) is 0 Å². The molecule has 0 heterocycles. The van der Waals surface area contributed by atoms with Crippen LogP contribution in [0.2, 0.25) is 18.1 Å². The Kier molecular flexibility index (Phi) is 5.85. The third-order valence-electron chi connectivity index (χ3n) is 3.08. The van der Waals surface area contributed by atoms with E-state index in [9.17, 15) is 4.79 Å². The van der Waals surface area contributed by atoms with Gasteiger partial charge in [-0.25, -0.2) is 4.79 Å². The smallest absolute Gasteiger partial charge is 0.330 e. The molecule has 17 heavy (non-hydrogen) atoms. The highest BCUT2D eigenvalue weighted by Crippen LogP contribution is 2.36. The van der Waals surface area contributed by atoms with Crippen LogP contribution in [0.5, 0.6) is 0 Å². The summed E-state index contributed by atoms with van der Waals surface area (Å²) in [6.07, 6.45) is 3.00. The van der Waals surface area contributed by atoms with E-state index in [1.54, 1.807) is 6.08 Å². The monoisotopic (exact) mass is 256 g/mol. The fraction of sp³-hybridized carbons (Fsp3) is 0.615. The summed E-state index contributed by atoms with van der Waals surface area (Å²) in [5, 5.41) is 0.180. The minimum absolute atomic E-state index is 0.180. The van der Waals surface area contributed by atoms with Gasteiger partial charge in [-0.15, -0.1) is 0 Å². The Balaban J connectivity index is 4.26. The largest absolute Gasteiger partial charge is 0.466 e. The molecule has 0 N–H and O–H groups in total. The van der Waals surface area contributed by atoms with Gasteiger partial charge in [-0.2, -0.15) is 0 Å². The van der Waals surface area contributed by atoms with Crippen LogP contribution in [0.4, 0.5) is 0 Å². The van der Waals surface area contributed by atoms with Crippen molar-refractivity contribution in [2.75, 3.05) is 13.7 Å². The predicted octanol–water partition coefficient (Wildman–Crippen LogP) is 3.29. The molecule has 0 saturated carbocycles. The molecule has 3 nitrogen and oxygen atoms in total.